The third-order valence-corrected chi connectivity index (χ3v) is 5.07. The first-order chi connectivity index (χ1) is 10.3. The van der Waals surface area contributed by atoms with E-state index in [1.54, 1.807) is 6.07 Å². The van der Waals surface area contributed by atoms with E-state index in [-0.39, 0.29) is 24.9 Å². The van der Waals surface area contributed by atoms with Gasteiger partial charge in [-0.2, -0.15) is 0 Å². The van der Waals surface area contributed by atoms with E-state index in [0.717, 1.165) is 4.90 Å². The molecule has 1 unspecified atom stereocenters. The molecule has 2 heterocycles. The van der Waals surface area contributed by atoms with Gasteiger partial charge in [-0.1, -0.05) is 11.2 Å². The summed E-state index contributed by atoms with van der Waals surface area (Å²) in [4.78, 5) is 12.9. The van der Waals surface area contributed by atoms with Crippen LogP contribution in [-0.2, 0) is 13.8 Å². The molecule has 3 rings (SSSR count). The third kappa shape index (κ3) is 2.81. The molecule has 1 saturated heterocycles. The first-order valence-corrected chi connectivity index (χ1v) is 8.55. The highest BCUT2D eigenvalue weighted by atomic mass is 35.7. The summed E-state index contributed by atoms with van der Waals surface area (Å²) in [5, 5.41) is 6.41. The van der Waals surface area contributed by atoms with Crippen molar-refractivity contribution in [1.29, 1.82) is 0 Å². The van der Waals surface area contributed by atoms with Gasteiger partial charge in [0.2, 0.25) is 20.8 Å². The maximum atomic E-state index is 13.2. The molecule has 1 atom stereocenters. The summed E-state index contributed by atoms with van der Waals surface area (Å²) in [6.07, 6.45) is -0.247. The number of nitrogens with zero attached hydrogens (tertiary/aromatic N) is 3. The SMILES string of the molecule is O=C1CC(S(=O)(=O)Cl)CN1c1nnc(-c2cccc(F)c2)o1. The summed E-state index contributed by atoms with van der Waals surface area (Å²) in [5.41, 5.74) is 0.354. The van der Waals surface area contributed by atoms with Crippen LogP contribution in [0.5, 0.6) is 0 Å². The van der Waals surface area contributed by atoms with Crippen molar-refractivity contribution < 1.29 is 22.0 Å². The molecule has 0 aliphatic carbocycles. The van der Waals surface area contributed by atoms with Gasteiger partial charge in [-0.25, -0.2) is 12.8 Å². The average molecular weight is 346 g/mol. The van der Waals surface area contributed by atoms with Crippen LogP contribution in [0, 0.1) is 5.82 Å². The van der Waals surface area contributed by atoms with Crippen molar-refractivity contribution in [2.75, 3.05) is 11.4 Å². The molecule has 1 fully saturated rings. The number of hydrogen-bond donors (Lipinski definition) is 0. The number of aromatic nitrogens is 2. The zero-order valence-electron chi connectivity index (χ0n) is 10.9. The minimum Gasteiger partial charge on any atom is -0.403 e. The number of carbonyl (C=O) groups excluding carboxylic acids is 1. The fourth-order valence-electron chi connectivity index (χ4n) is 2.11. The van der Waals surface area contributed by atoms with Gasteiger partial charge in [0.05, 0.1) is 0 Å². The van der Waals surface area contributed by atoms with Gasteiger partial charge in [0.15, 0.2) is 0 Å². The van der Waals surface area contributed by atoms with E-state index in [1.165, 1.54) is 18.2 Å². The second-order valence-corrected chi connectivity index (χ2v) is 7.61. The van der Waals surface area contributed by atoms with Crippen LogP contribution < -0.4 is 4.90 Å². The van der Waals surface area contributed by atoms with E-state index in [1.807, 2.05) is 0 Å². The molecule has 7 nitrogen and oxygen atoms in total. The van der Waals surface area contributed by atoms with Crippen molar-refractivity contribution in [3.63, 3.8) is 0 Å². The molecule has 10 heteroatoms. The molecule has 1 aliphatic rings. The van der Waals surface area contributed by atoms with Crippen LogP contribution in [0.15, 0.2) is 28.7 Å². The molecule has 0 bridgehead atoms. The number of carbonyl (C=O) groups is 1. The molecule has 0 N–H and O–H groups in total. The van der Waals surface area contributed by atoms with Crippen LogP contribution in [0.3, 0.4) is 0 Å². The quantitative estimate of drug-likeness (QED) is 0.783. The highest BCUT2D eigenvalue weighted by Gasteiger charge is 2.40. The number of hydrogen-bond acceptors (Lipinski definition) is 6. The average Bonchev–Trinajstić information content (AvgIpc) is 3.04. The van der Waals surface area contributed by atoms with Crippen molar-refractivity contribution in [2.45, 2.75) is 11.7 Å². The Kier molecular flexibility index (Phi) is 3.61. The van der Waals surface area contributed by atoms with Gasteiger partial charge >= 0.3 is 6.01 Å². The molecule has 0 saturated carbocycles. The predicted octanol–water partition coefficient (Wildman–Crippen LogP) is 1.55. The largest absolute Gasteiger partial charge is 0.403 e. The zero-order valence-corrected chi connectivity index (χ0v) is 12.5. The lowest BCUT2D eigenvalue weighted by Crippen LogP contribution is -2.27. The maximum absolute atomic E-state index is 13.2. The lowest BCUT2D eigenvalue weighted by Gasteiger charge is -2.09. The van der Waals surface area contributed by atoms with Gasteiger partial charge < -0.3 is 4.42 Å². The molecule has 0 radical (unpaired) electrons. The van der Waals surface area contributed by atoms with Crippen molar-refractivity contribution in [1.82, 2.24) is 10.2 Å². The first kappa shape index (κ1) is 14.9. The Balaban J connectivity index is 1.87. The molecular formula is C12H9ClFN3O4S. The normalized spacial score (nSPS) is 18.9. The Bertz CT molecular complexity index is 838. The van der Waals surface area contributed by atoms with Crippen LogP contribution in [-0.4, -0.2) is 36.3 Å². The number of halogens is 2. The Hall–Kier alpha value is -2.00. The van der Waals surface area contributed by atoms with Crippen molar-refractivity contribution >= 4 is 31.7 Å². The number of anilines is 1. The minimum absolute atomic E-state index is 0.0273. The van der Waals surface area contributed by atoms with Gasteiger partial charge in [-0.05, 0) is 18.2 Å². The Morgan fingerprint density at radius 1 is 1.36 bits per heavy atom. The molecule has 1 aliphatic heterocycles. The Morgan fingerprint density at radius 2 is 2.14 bits per heavy atom. The molecule has 1 aromatic carbocycles. The van der Waals surface area contributed by atoms with Gasteiger partial charge in [0.1, 0.15) is 11.1 Å². The van der Waals surface area contributed by atoms with Crippen LogP contribution in [0.4, 0.5) is 10.4 Å². The fourth-order valence-corrected chi connectivity index (χ4v) is 3.14. The fraction of sp³-hybridized carbons (Fsp3) is 0.250. The lowest BCUT2D eigenvalue weighted by atomic mass is 10.2. The van der Waals surface area contributed by atoms with E-state index in [9.17, 15) is 17.6 Å². The van der Waals surface area contributed by atoms with Crippen LogP contribution in [0.1, 0.15) is 6.42 Å². The second kappa shape index (κ2) is 5.33. The molecule has 0 spiro atoms. The predicted molar refractivity (Wildman–Crippen MR) is 75.2 cm³/mol. The van der Waals surface area contributed by atoms with Crippen molar-refractivity contribution in [3.8, 4) is 11.5 Å². The number of amides is 1. The minimum atomic E-state index is -3.86. The summed E-state index contributed by atoms with van der Waals surface area (Å²) >= 11 is 0. The van der Waals surface area contributed by atoms with Gasteiger partial charge in [0.25, 0.3) is 0 Å². The summed E-state index contributed by atoms with van der Waals surface area (Å²) in [5.74, 6) is -0.925. The summed E-state index contributed by atoms with van der Waals surface area (Å²) in [7, 11) is 1.40. The zero-order chi connectivity index (χ0) is 15.9. The third-order valence-electron chi connectivity index (χ3n) is 3.20. The summed E-state index contributed by atoms with van der Waals surface area (Å²) in [6.45, 7) is -0.157. The highest BCUT2D eigenvalue weighted by molar-refractivity contribution is 8.14. The van der Waals surface area contributed by atoms with Crippen LogP contribution in [0.25, 0.3) is 11.5 Å². The monoisotopic (exact) mass is 345 g/mol. The Labute approximate surface area is 129 Å². The van der Waals surface area contributed by atoms with E-state index in [4.69, 9.17) is 15.1 Å². The van der Waals surface area contributed by atoms with Gasteiger partial charge in [-0.3, -0.25) is 9.69 Å². The van der Waals surface area contributed by atoms with E-state index in [2.05, 4.69) is 10.2 Å². The number of benzene rings is 1. The van der Waals surface area contributed by atoms with Gasteiger partial charge in [0, 0.05) is 29.2 Å². The van der Waals surface area contributed by atoms with Crippen molar-refractivity contribution in [3.05, 3.63) is 30.1 Å². The topological polar surface area (TPSA) is 93.4 Å². The van der Waals surface area contributed by atoms with E-state index < -0.39 is 26.0 Å². The highest BCUT2D eigenvalue weighted by Crippen LogP contribution is 2.28. The summed E-state index contributed by atoms with van der Waals surface area (Å²) in [6, 6.07) is 5.37. The molecule has 1 aromatic heterocycles. The van der Waals surface area contributed by atoms with Crippen LogP contribution in [0.2, 0.25) is 0 Å². The Morgan fingerprint density at radius 3 is 2.77 bits per heavy atom. The lowest BCUT2D eigenvalue weighted by molar-refractivity contribution is -0.117. The molecule has 1 amide bonds. The second-order valence-electron chi connectivity index (χ2n) is 4.71. The molecule has 2 aromatic rings. The molecule has 116 valence electrons. The molecule has 22 heavy (non-hydrogen) atoms. The van der Waals surface area contributed by atoms with Crippen molar-refractivity contribution in [2.24, 2.45) is 0 Å². The maximum Gasteiger partial charge on any atom is 0.325 e. The van der Waals surface area contributed by atoms with Crippen LogP contribution >= 0.6 is 10.7 Å². The standard InChI is InChI=1S/C12H9ClFN3O4S/c13-22(19,20)9-5-10(18)17(6-9)12-16-15-11(21-12)7-2-1-3-8(14)4-7/h1-4,9H,5-6H2. The first-order valence-electron chi connectivity index (χ1n) is 6.18. The van der Waals surface area contributed by atoms with E-state index >= 15 is 0 Å². The smallest absolute Gasteiger partial charge is 0.325 e. The number of rotatable bonds is 3. The van der Waals surface area contributed by atoms with Gasteiger partial charge in [-0.15, -0.1) is 5.10 Å². The van der Waals surface area contributed by atoms with E-state index in [0.29, 0.717) is 5.56 Å². The molecular weight excluding hydrogens is 337 g/mol. The summed E-state index contributed by atoms with van der Waals surface area (Å²) < 4.78 is 41.1.